The molecule has 20 heavy (non-hydrogen) atoms. The molecule has 1 atom stereocenters. The van der Waals surface area contributed by atoms with E-state index in [0.29, 0.717) is 30.7 Å². The number of aryl methyl sites for hydroxylation is 1. The molecule has 1 rings (SSSR count). The number of hydrogen-bond acceptors (Lipinski definition) is 4. The number of hydrogen-bond donors (Lipinski definition) is 3. The number of carboxylic acids is 1. The minimum absolute atomic E-state index is 0.165. The van der Waals surface area contributed by atoms with Gasteiger partial charge in [0.2, 0.25) is 5.91 Å². The van der Waals surface area contributed by atoms with Crippen LogP contribution in [0.3, 0.4) is 0 Å². The van der Waals surface area contributed by atoms with Gasteiger partial charge in [-0.3, -0.25) is 9.59 Å². The number of nitrogens with two attached hydrogens (primary N) is 1. The summed E-state index contributed by atoms with van der Waals surface area (Å²) in [6.07, 6.45) is 1.66. The van der Waals surface area contributed by atoms with Crippen LogP contribution in [0.5, 0.6) is 5.75 Å². The zero-order valence-corrected chi connectivity index (χ0v) is 11.7. The van der Waals surface area contributed by atoms with E-state index >= 15 is 0 Å². The summed E-state index contributed by atoms with van der Waals surface area (Å²) in [7, 11) is 1.55. The van der Waals surface area contributed by atoms with Gasteiger partial charge in [0.1, 0.15) is 11.8 Å². The number of methoxy groups -OCH3 is 1. The lowest BCUT2D eigenvalue weighted by molar-refractivity contribution is -0.138. The van der Waals surface area contributed by atoms with Crippen LogP contribution >= 0.6 is 0 Å². The first-order valence-corrected chi connectivity index (χ1v) is 6.37. The lowest BCUT2D eigenvalue weighted by Crippen LogP contribution is -2.29. The third-order valence-corrected chi connectivity index (χ3v) is 2.91. The topological polar surface area (TPSA) is 102 Å². The standard InChI is InChI=1S/C14H20N2O4/c1-9(17)16-13-8-11(20-2)7-6-10(13)4-3-5-12(15)14(18)19/h6-8,12H,3-5,15H2,1-2H3,(H,16,17)(H,18,19). The van der Waals surface area contributed by atoms with E-state index in [2.05, 4.69) is 5.32 Å². The smallest absolute Gasteiger partial charge is 0.320 e. The second-order valence-corrected chi connectivity index (χ2v) is 4.54. The molecule has 0 aromatic heterocycles. The Labute approximate surface area is 117 Å². The molecule has 0 fully saturated rings. The fourth-order valence-corrected chi connectivity index (χ4v) is 1.84. The van der Waals surface area contributed by atoms with E-state index in [-0.39, 0.29) is 5.91 Å². The Morgan fingerprint density at radius 3 is 2.70 bits per heavy atom. The number of carbonyl (C=O) groups is 2. The summed E-state index contributed by atoms with van der Waals surface area (Å²) in [5, 5.41) is 11.5. The lowest BCUT2D eigenvalue weighted by Gasteiger charge is -2.12. The van der Waals surface area contributed by atoms with Crippen LogP contribution in [0, 0.1) is 0 Å². The number of anilines is 1. The molecule has 110 valence electrons. The molecule has 1 unspecified atom stereocenters. The fraction of sp³-hybridized carbons (Fsp3) is 0.429. The maximum atomic E-state index is 11.2. The SMILES string of the molecule is COc1ccc(CCCC(N)C(=O)O)c(NC(C)=O)c1. The lowest BCUT2D eigenvalue weighted by atomic mass is 10.0. The molecule has 0 aliphatic heterocycles. The first-order chi connectivity index (χ1) is 9.43. The van der Waals surface area contributed by atoms with Crippen LogP contribution < -0.4 is 15.8 Å². The van der Waals surface area contributed by atoms with Crippen molar-refractivity contribution in [3.05, 3.63) is 23.8 Å². The highest BCUT2D eigenvalue weighted by Gasteiger charge is 2.12. The zero-order chi connectivity index (χ0) is 15.1. The van der Waals surface area contributed by atoms with Crippen molar-refractivity contribution in [3.8, 4) is 5.75 Å². The highest BCUT2D eigenvalue weighted by molar-refractivity contribution is 5.89. The number of nitrogens with one attached hydrogen (secondary N) is 1. The first kappa shape index (κ1) is 16.0. The number of carboxylic acid groups (broad SMARTS) is 1. The van der Waals surface area contributed by atoms with Crippen molar-refractivity contribution in [2.45, 2.75) is 32.2 Å². The van der Waals surface area contributed by atoms with Crippen molar-refractivity contribution >= 4 is 17.6 Å². The Morgan fingerprint density at radius 2 is 2.15 bits per heavy atom. The van der Waals surface area contributed by atoms with E-state index in [9.17, 15) is 9.59 Å². The Hall–Kier alpha value is -2.08. The number of carbonyl (C=O) groups excluding carboxylic acids is 1. The second-order valence-electron chi connectivity index (χ2n) is 4.54. The van der Waals surface area contributed by atoms with Crippen molar-refractivity contribution in [1.82, 2.24) is 0 Å². The molecule has 1 aromatic rings. The predicted molar refractivity (Wildman–Crippen MR) is 75.8 cm³/mol. The molecular formula is C14H20N2O4. The predicted octanol–water partition coefficient (Wildman–Crippen LogP) is 1.39. The molecule has 0 saturated heterocycles. The van der Waals surface area contributed by atoms with Gasteiger partial charge in [-0.2, -0.15) is 0 Å². The first-order valence-electron chi connectivity index (χ1n) is 6.37. The highest BCUT2D eigenvalue weighted by Crippen LogP contribution is 2.24. The van der Waals surface area contributed by atoms with E-state index < -0.39 is 12.0 Å². The van der Waals surface area contributed by atoms with E-state index in [1.165, 1.54) is 6.92 Å². The van der Waals surface area contributed by atoms with Crippen LogP contribution in [0.1, 0.15) is 25.3 Å². The normalized spacial score (nSPS) is 11.8. The maximum absolute atomic E-state index is 11.2. The summed E-state index contributed by atoms with van der Waals surface area (Å²) < 4.78 is 5.12. The molecule has 0 bridgehead atoms. The molecule has 0 heterocycles. The monoisotopic (exact) mass is 280 g/mol. The summed E-state index contributed by atoms with van der Waals surface area (Å²) in [5.41, 5.74) is 7.07. The maximum Gasteiger partial charge on any atom is 0.320 e. The van der Waals surface area contributed by atoms with Crippen LogP contribution in [0.15, 0.2) is 18.2 Å². The summed E-state index contributed by atoms with van der Waals surface area (Å²) in [5.74, 6) is -0.511. The second kappa shape index (κ2) is 7.49. The third kappa shape index (κ3) is 4.89. The average Bonchev–Trinajstić information content (AvgIpc) is 2.39. The van der Waals surface area contributed by atoms with Crippen LogP contribution in [-0.2, 0) is 16.0 Å². The molecule has 6 nitrogen and oxygen atoms in total. The minimum Gasteiger partial charge on any atom is -0.497 e. The Balaban J connectivity index is 2.72. The fourth-order valence-electron chi connectivity index (χ4n) is 1.84. The Morgan fingerprint density at radius 1 is 1.45 bits per heavy atom. The molecule has 0 radical (unpaired) electrons. The van der Waals surface area contributed by atoms with Crippen LogP contribution in [0.2, 0.25) is 0 Å². The van der Waals surface area contributed by atoms with Crippen LogP contribution in [0.4, 0.5) is 5.69 Å². The van der Waals surface area contributed by atoms with Gasteiger partial charge in [0, 0.05) is 18.7 Å². The van der Waals surface area contributed by atoms with Gasteiger partial charge in [-0.1, -0.05) is 6.07 Å². The van der Waals surface area contributed by atoms with Crippen molar-refractivity contribution in [2.24, 2.45) is 5.73 Å². The van der Waals surface area contributed by atoms with E-state index in [1.807, 2.05) is 6.07 Å². The number of amides is 1. The van der Waals surface area contributed by atoms with Gasteiger partial charge in [0.25, 0.3) is 0 Å². The summed E-state index contributed by atoms with van der Waals surface area (Å²) in [6, 6.07) is 4.56. The van der Waals surface area contributed by atoms with Gasteiger partial charge >= 0.3 is 5.97 Å². The van der Waals surface area contributed by atoms with Gasteiger partial charge in [0.05, 0.1) is 7.11 Å². The van der Waals surface area contributed by atoms with Gasteiger partial charge in [-0.15, -0.1) is 0 Å². The van der Waals surface area contributed by atoms with Gasteiger partial charge in [-0.25, -0.2) is 0 Å². The molecule has 0 aliphatic rings. The summed E-state index contributed by atoms with van der Waals surface area (Å²) in [4.78, 5) is 21.8. The Kier molecular flexibility index (Phi) is 5.99. The van der Waals surface area contributed by atoms with E-state index in [0.717, 1.165) is 5.56 Å². The number of benzene rings is 1. The Bertz CT molecular complexity index is 488. The molecule has 1 aromatic carbocycles. The van der Waals surface area contributed by atoms with Crippen molar-refractivity contribution in [2.75, 3.05) is 12.4 Å². The average molecular weight is 280 g/mol. The molecule has 0 aliphatic carbocycles. The van der Waals surface area contributed by atoms with Crippen molar-refractivity contribution in [1.29, 1.82) is 0 Å². The quantitative estimate of drug-likeness (QED) is 0.700. The van der Waals surface area contributed by atoms with Crippen LogP contribution in [0.25, 0.3) is 0 Å². The largest absolute Gasteiger partial charge is 0.497 e. The highest BCUT2D eigenvalue weighted by atomic mass is 16.5. The molecular weight excluding hydrogens is 260 g/mol. The van der Waals surface area contributed by atoms with Crippen molar-refractivity contribution in [3.63, 3.8) is 0 Å². The number of rotatable bonds is 7. The summed E-state index contributed by atoms with van der Waals surface area (Å²) in [6.45, 7) is 1.43. The van der Waals surface area contributed by atoms with E-state index in [4.69, 9.17) is 15.6 Å². The summed E-state index contributed by atoms with van der Waals surface area (Å²) >= 11 is 0. The minimum atomic E-state index is -0.998. The number of aliphatic carboxylic acids is 1. The van der Waals surface area contributed by atoms with Crippen LogP contribution in [-0.4, -0.2) is 30.1 Å². The van der Waals surface area contributed by atoms with Gasteiger partial charge < -0.3 is 20.9 Å². The third-order valence-electron chi connectivity index (χ3n) is 2.91. The molecule has 6 heteroatoms. The molecule has 1 amide bonds. The number of ether oxygens (including phenoxy) is 1. The van der Waals surface area contributed by atoms with Gasteiger partial charge in [0.15, 0.2) is 0 Å². The van der Waals surface area contributed by atoms with Gasteiger partial charge in [-0.05, 0) is 30.9 Å². The van der Waals surface area contributed by atoms with E-state index in [1.54, 1.807) is 19.2 Å². The molecule has 0 saturated carbocycles. The molecule has 0 spiro atoms. The zero-order valence-electron chi connectivity index (χ0n) is 11.7. The van der Waals surface area contributed by atoms with Crippen molar-refractivity contribution < 1.29 is 19.4 Å². The molecule has 4 N–H and O–H groups in total.